The van der Waals surface area contributed by atoms with Crippen LogP contribution in [-0.4, -0.2) is 39.5 Å². The Balaban J connectivity index is 1.62. The van der Waals surface area contributed by atoms with Crippen molar-refractivity contribution < 1.29 is 0 Å². The van der Waals surface area contributed by atoms with Gasteiger partial charge in [-0.25, -0.2) is 4.68 Å². The summed E-state index contributed by atoms with van der Waals surface area (Å²) in [5, 5.41) is 9.77. The number of nitrogens with zero attached hydrogens (tertiary/aromatic N) is 4. The molecule has 6 heteroatoms. The standard InChI is InChI=1S/C15H16Cl2N4/c16-12-2-1-11(7-13(12)17)14-8-21(19-18-14)15-9-20-5-3-10(15)4-6-20/h1-2,7-8,10,15H,3-6,9H2. The van der Waals surface area contributed by atoms with E-state index < -0.39 is 0 Å². The van der Waals surface area contributed by atoms with E-state index in [0.717, 1.165) is 23.7 Å². The molecule has 21 heavy (non-hydrogen) atoms. The Morgan fingerprint density at radius 2 is 1.90 bits per heavy atom. The molecule has 110 valence electrons. The van der Waals surface area contributed by atoms with Gasteiger partial charge < -0.3 is 4.90 Å². The molecular formula is C15H16Cl2N4. The fourth-order valence-electron chi connectivity index (χ4n) is 3.46. The predicted octanol–water partition coefficient (Wildman–Crippen LogP) is 3.52. The number of rotatable bonds is 2. The Morgan fingerprint density at radius 3 is 2.57 bits per heavy atom. The van der Waals surface area contributed by atoms with E-state index in [4.69, 9.17) is 23.2 Å². The molecule has 0 amide bonds. The maximum absolute atomic E-state index is 6.08. The maximum Gasteiger partial charge on any atom is 0.113 e. The highest BCUT2D eigenvalue weighted by atomic mass is 35.5. The van der Waals surface area contributed by atoms with Gasteiger partial charge in [0.15, 0.2) is 0 Å². The maximum atomic E-state index is 6.08. The normalized spacial score (nSPS) is 28.0. The van der Waals surface area contributed by atoms with Gasteiger partial charge in [-0.15, -0.1) is 5.10 Å². The molecule has 3 aliphatic rings. The van der Waals surface area contributed by atoms with E-state index in [-0.39, 0.29) is 0 Å². The molecule has 1 aromatic carbocycles. The fraction of sp³-hybridized carbons (Fsp3) is 0.467. The molecule has 0 spiro atoms. The lowest BCUT2D eigenvalue weighted by Crippen LogP contribution is -2.48. The van der Waals surface area contributed by atoms with E-state index in [9.17, 15) is 0 Å². The van der Waals surface area contributed by atoms with Gasteiger partial charge in [-0.05, 0) is 44.0 Å². The second-order valence-corrected chi connectivity index (χ2v) is 6.73. The lowest BCUT2D eigenvalue weighted by Gasteiger charge is -2.44. The Labute approximate surface area is 133 Å². The fourth-order valence-corrected chi connectivity index (χ4v) is 3.76. The van der Waals surface area contributed by atoms with Crippen LogP contribution in [0.2, 0.25) is 10.0 Å². The van der Waals surface area contributed by atoms with Crippen LogP contribution in [0.15, 0.2) is 24.4 Å². The zero-order valence-electron chi connectivity index (χ0n) is 11.5. The molecule has 0 aliphatic carbocycles. The van der Waals surface area contributed by atoms with Crippen LogP contribution in [0.4, 0.5) is 0 Å². The molecule has 3 fully saturated rings. The van der Waals surface area contributed by atoms with Gasteiger partial charge in [0.25, 0.3) is 0 Å². The molecule has 0 saturated carbocycles. The molecule has 1 atom stereocenters. The van der Waals surface area contributed by atoms with Crippen molar-refractivity contribution in [3.05, 3.63) is 34.4 Å². The molecule has 5 rings (SSSR count). The summed E-state index contributed by atoms with van der Waals surface area (Å²) in [4.78, 5) is 2.52. The predicted molar refractivity (Wildman–Crippen MR) is 83.7 cm³/mol. The highest BCUT2D eigenvalue weighted by Gasteiger charge is 2.35. The van der Waals surface area contributed by atoms with E-state index in [1.165, 1.54) is 25.9 Å². The molecule has 2 bridgehead atoms. The monoisotopic (exact) mass is 322 g/mol. The van der Waals surface area contributed by atoms with Crippen molar-refractivity contribution in [3.8, 4) is 11.3 Å². The number of piperidine rings is 3. The molecule has 4 nitrogen and oxygen atoms in total. The minimum absolute atomic E-state index is 0.455. The minimum Gasteiger partial charge on any atom is -0.301 e. The van der Waals surface area contributed by atoms with E-state index in [1.807, 2.05) is 23.0 Å². The number of halogens is 2. The summed E-state index contributed by atoms with van der Waals surface area (Å²) < 4.78 is 2.04. The average Bonchev–Trinajstić information content (AvgIpc) is 3.01. The van der Waals surface area contributed by atoms with Crippen LogP contribution in [0, 0.1) is 5.92 Å². The Hall–Kier alpha value is -1.10. The summed E-state index contributed by atoms with van der Waals surface area (Å²) in [5.41, 5.74) is 1.81. The van der Waals surface area contributed by atoms with Crippen LogP contribution in [0.25, 0.3) is 11.3 Å². The summed E-state index contributed by atoms with van der Waals surface area (Å²) in [6, 6.07) is 6.02. The number of benzene rings is 1. The van der Waals surface area contributed by atoms with Gasteiger partial charge >= 0.3 is 0 Å². The molecule has 3 saturated heterocycles. The van der Waals surface area contributed by atoms with E-state index in [1.54, 1.807) is 6.07 Å². The lowest BCUT2D eigenvalue weighted by atomic mass is 9.84. The first-order valence-electron chi connectivity index (χ1n) is 7.30. The highest BCUT2D eigenvalue weighted by molar-refractivity contribution is 6.42. The third-order valence-electron chi connectivity index (χ3n) is 4.69. The topological polar surface area (TPSA) is 34.0 Å². The first kappa shape index (κ1) is 13.6. The van der Waals surface area contributed by atoms with Crippen molar-refractivity contribution in [3.63, 3.8) is 0 Å². The van der Waals surface area contributed by atoms with Gasteiger partial charge in [-0.1, -0.05) is 34.5 Å². The molecular weight excluding hydrogens is 307 g/mol. The van der Waals surface area contributed by atoms with Gasteiger partial charge in [0.1, 0.15) is 5.69 Å². The van der Waals surface area contributed by atoms with Crippen LogP contribution < -0.4 is 0 Å². The van der Waals surface area contributed by atoms with Crippen LogP contribution in [-0.2, 0) is 0 Å². The summed E-state index contributed by atoms with van der Waals surface area (Å²) in [6.07, 6.45) is 4.57. The average molecular weight is 323 g/mol. The number of hydrogen-bond donors (Lipinski definition) is 0. The smallest absolute Gasteiger partial charge is 0.113 e. The Morgan fingerprint density at radius 1 is 1.10 bits per heavy atom. The lowest BCUT2D eigenvalue weighted by molar-refractivity contribution is 0.0504. The zero-order valence-corrected chi connectivity index (χ0v) is 13.1. The summed E-state index contributed by atoms with van der Waals surface area (Å²) >= 11 is 12.0. The summed E-state index contributed by atoms with van der Waals surface area (Å²) in [5.74, 6) is 0.735. The van der Waals surface area contributed by atoms with E-state index >= 15 is 0 Å². The highest BCUT2D eigenvalue weighted by Crippen LogP contribution is 2.36. The minimum atomic E-state index is 0.455. The van der Waals surface area contributed by atoms with E-state index in [0.29, 0.717) is 16.1 Å². The third kappa shape index (κ3) is 2.45. The second kappa shape index (κ2) is 5.27. The molecule has 0 radical (unpaired) electrons. The Kier molecular flexibility index (Phi) is 3.40. The largest absolute Gasteiger partial charge is 0.301 e. The van der Waals surface area contributed by atoms with Crippen LogP contribution >= 0.6 is 23.2 Å². The van der Waals surface area contributed by atoms with Crippen molar-refractivity contribution in [2.24, 2.45) is 5.92 Å². The summed E-state index contributed by atoms with van der Waals surface area (Å²) in [6.45, 7) is 3.56. The Bertz CT molecular complexity index is 661. The number of fused-ring (bicyclic) bond motifs is 3. The first-order chi connectivity index (χ1) is 10.2. The van der Waals surface area contributed by atoms with Crippen molar-refractivity contribution >= 4 is 23.2 Å². The number of aromatic nitrogens is 3. The van der Waals surface area contributed by atoms with Gasteiger partial charge in [0, 0.05) is 12.1 Å². The zero-order chi connectivity index (χ0) is 14.4. The van der Waals surface area contributed by atoms with Gasteiger partial charge in [-0.3, -0.25) is 0 Å². The van der Waals surface area contributed by atoms with Crippen LogP contribution in [0.1, 0.15) is 18.9 Å². The molecule has 0 N–H and O–H groups in total. The van der Waals surface area contributed by atoms with Crippen LogP contribution in [0.3, 0.4) is 0 Å². The second-order valence-electron chi connectivity index (χ2n) is 5.92. The van der Waals surface area contributed by atoms with Gasteiger partial charge in [0.2, 0.25) is 0 Å². The number of hydrogen-bond acceptors (Lipinski definition) is 3. The van der Waals surface area contributed by atoms with Crippen molar-refractivity contribution in [1.82, 2.24) is 19.9 Å². The van der Waals surface area contributed by atoms with Crippen molar-refractivity contribution in [2.45, 2.75) is 18.9 Å². The molecule has 1 unspecified atom stereocenters. The summed E-state index contributed by atoms with van der Waals surface area (Å²) in [7, 11) is 0. The molecule has 2 aromatic rings. The third-order valence-corrected chi connectivity index (χ3v) is 5.43. The molecule has 4 heterocycles. The van der Waals surface area contributed by atoms with Gasteiger partial charge in [-0.2, -0.15) is 0 Å². The molecule has 3 aliphatic heterocycles. The van der Waals surface area contributed by atoms with Gasteiger partial charge in [0.05, 0.1) is 22.3 Å². The van der Waals surface area contributed by atoms with Crippen LogP contribution in [0.5, 0.6) is 0 Å². The van der Waals surface area contributed by atoms with Crippen molar-refractivity contribution in [1.29, 1.82) is 0 Å². The SMILES string of the molecule is Clc1ccc(-c2cn(C3CN4CCC3CC4)nn2)cc1Cl. The van der Waals surface area contributed by atoms with Crippen molar-refractivity contribution in [2.75, 3.05) is 19.6 Å². The first-order valence-corrected chi connectivity index (χ1v) is 8.06. The van der Waals surface area contributed by atoms with E-state index in [2.05, 4.69) is 15.2 Å². The molecule has 1 aromatic heterocycles. The quantitative estimate of drug-likeness (QED) is 0.848.